The van der Waals surface area contributed by atoms with Gasteiger partial charge in [0.25, 0.3) is 0 Å². The molecule has 1 aromatic carbocycles. The number of nitrogens with zero attached hydrogens (tertiary/aromatic N) is 2. The minimum Gasteiger partial charge on any atom is -0.481 e. The molecule has 0 fully saturated rings. The molecule has 20 heavy (non-hydrogen) atoms. The minimum atomic E-state index is -0.857. The Kier molecular flexibility index (Phi) is 4.60. The van der Waals surface area contributed by atoms with Crippen LogP contribution in [0.25, 0.3) is 0 Å². The fourth-order valence-corrected chi connectivity index (χ4v) is 1.67. The Morgan fingerprint density at radius 1 is 1.40 bits per heavy atom. The Morgan fingerprint density at radius 2 is 2.15 bits per heavy atom. The van der Waals surface area contributed by atoms with E-state index in [-0.39, 0.29) is 12.3 Å². The van der Waals surface area contributed by atoms with E-state index in [2.05, 4.69) is 9.98 Å². The lowest BCUT2D eigenvalue weighted by molar-refractivity contribution is -0.137. The van der Waals surface area contributed by atoms with Crippen molar-refractivity contribution in [1.29, 1.82) is 0 Å². The van der Waals surface area contributed by atoms with Crippen LogP contribution in [0.15, 0.2) is 40.3 Å². The maximum Gasteiger partial charge on any atom is 0.343 e. The summed E-state index contributed by atoms with van der Waals surface area (Å²) in [4.78, 5) is 30.1. The zero-order valence-corrected chi connectivity index (χ0v) is 10.7. The van der Waals surface area contributed by atoms with Gasteiger partial charge in [0.15, 0.2) is 6.04 Å². The van der Waals surface area contributed by atoms with E-state index in [1.54, 1.807) is 12.1 Å². The normalized spacial score (nSPS) is 18.1. The van der Waals surface area contributed by atoms with Crippen molar-refractivity contribution in [2.45, 2.75) is 18.9 Å². The Morgan fingerprint density at radius 3 is 2.85 bits per heavy atom. The van der Waals surface area contributed by atoms with Crippen molar-refractivity contribution in [2.24, 2.45) is 9.98 Å². The maximum absolute atomic E-state index is 11.6. The number of carboxylic acid groups (broad SMARTS) is 1. The monoisotopic (exact) mass is 274 g/mol. The molecular weight excluding hydrogens is 260 g/mol. The number of rotatable bonds is 6. The molecule has 0 saturated carbocycles. The SMILES string of the molecule is O=C(O)CCCN=CC1N=C(c2ccccc2)OC1=O. The van der Waals surface area contributed by atoms with Gasteiger partial charge in [0.1, 0.15) is 0 Å². The Labute approximate surface area is 115 Å². The molecule has 0 aliphatic carbocycles. The summed E-state index contributed by atoms with van der Waals surface area (Å²) in [5.41, 5.74) is 0.739. The lowest BCUT2D eigenvalue weighted by atomic mass is 10.2. The van der Waals surface area contributed by atoms with Gasteiger partial charge >= 0.3 is 11.9 Å². The van der Waals surface area contributed by atoms with E-state index in [0.717, 1.165) is 5.56 Å². The van der Waals surface area contributed by atoms with Crippen LogP contribution in [-0.4, -0.2) is 41.7 Å². The summed E-state index contributed by atoms with van der Waals surface area (Å²) >= 11 is 0. The number of aliphatic imine (C=N–C) groups is 2. The molecule has 1 atom stereocenters. The third kappa shape index (κ3) is 3.74. The second-order valence-corrected chi connectivity index (χ2v) is 4.22. The molecule has 104 valence electrons. The van der Waals surface area contributed by atoms with Crippen molar-refractivity contribution in [3.8, 4) is 0 Å². The molecule has 1 aliphatic heterocycles. The molecule has 1 N–H and O–H groups in total. The number of carbonyl (C=O) groups excluding carboxylic acids is 1. The molecule has 0 aromatic heterocycles. The molecule has 0 spiro atoms. The highest BCUT2D eigenvalue weighted by molar-refractivity contribution is 6.11. The van der Waals surface area contributed by atoms with Gasteiger partial charge < -0.3 is 9.84 Å². The molecule has 6 nitrogen and oxygen atoms in total. The third-order valence-electron chi connectivity index (χ3n) is 2.64. The van der Waals surface area contributed by atoms with Crippen molar-refractivity contribution in [3.05, 3.63) is 35.9 Å². The number of hydrogen-bond acceptors (Lipinski definition) is 5. The predicted octanol–water partition coefficient (Wildman–Crippen LogP) is 1.29. The molecule has 1 aromatic rings. The maximum atomic E-state index is 11.6. The van der Waals surface area contributed by atoms with Crippen LogP contribution in [0.5, 0.6) is 0 Å². The van der Waals surface area contributed by atoms with E-state index in [1.165, 1.54) is 6.21 Å². The fourth-order valence-electron chi connectivity index (χ4n) is 1.67. The van der Waals surface area contributed by atoms with Gasteiger partial charge in [0.05, 0.1) is 0 Å². The summed E-state index contributed by atoms with van der Waals surface area (Å²) in [5, 5.41) is 8.48. The van der Waals surface area contributed by atoms with Gasteiger partial charge in [-0.25, -0.2) is 9.79 Å². The van der Waals surface area contributed by atoms with Gasteiger partial charge in [-0.1, -0.05) is 18.2 Å². The van der Waals surface area contributed by atoms with Crippen LogP contribution in [0.4, 0.5) is 0 Å². The molecule has 1 unspecified atom stereocenters. The van der Waals surface area contributed by atoms with Gasteiger partial charge in [-0.05, 0) is 18.6 Å². The summed E-state index contributed by atoms with van der Waals surface area (Å²) in [6.45, 7) is 0.353. The number of hydrogen-bond donors (Lipinski definition) is 1. The van der Waals surface area contributed by atoms with Crippen molar-refractivity contribution in [3.63, 3.8) is 0 Å². The number of cyclic esters (lactones) is 1. The Bertz CT molecular complexity index is 552. The van der Waals surface area contributed by atoms with Crippen LogP contribution in [-0.2, 0) is 14.3 Å². The lowest BCUT2D eigenvalue weighted by Gasteiger charge is -1.97. The first kappa shape index (κ1) is 13.9. The quantitative estimate of drug-likeness (QED) is 0.481. The van der Waals surface area contributed by atoms with E-state index in [0.29, 0.717) is 13.0 Å². The van der Waals surface area contributed by atoms with Crippen LogP contribution in [0, 0.1) is 0 Å². The van der Waals surface area contributed by atoms with Crippen molar-refractivity contribution < 1.29 is 19.4 Å². The molecule has 2 rings (SSSR count). The molecule has 0 bridgehead atoms. The van der Waals surface area contributed by atoms with Crippen LogP contribution >= 0.6 is 0 Å². The number of esters is 1. The Hall–Kier alpha value is -2.50. The highest BCUT2D eigenvalue weighted by Crippen LogP contribution is 2.12. The highest BCUT2D eigenvalue weighted by atomic mass is 16.6. The van der Waals surface area contributed by atoms with Crippen molar-refractivity contribution >= 4 is 24.1 Å². The van der Waals surface area contributed by atoms with Gasteiger partial charge in [0, 0.05) is 24.7 Å². The van der Waals surface area contributed by atoms with E-state index >= 15 is 0 Å². The number of benzene rings is 1. The lowest BCUT2D eigenvalue weighted by Crippen LogP contribution is -2.16. The van der Waals surface area contributed by atoms with E-state index in [1.807, 2.05) is 18.2 Å². The van der Waals surface area contributed by atoms with E-state index < -0.39 is 18.0 Å². The fraction of sp³-hybridized carbons (Fsp3) is 0.286. The number of carbonyl (C=O) groups is 2. The van der Waals surface area contributed by atoms with Crippen molar-refractivity contribution in [2.75, 3.05) is 6.54 Å². The van der Waals surface area contributed by atoms with Crippen LogP contribution in [0.2, 0.25) is 0 Å². The van der Waals surface area contributed by atoms with Gasteiger partial charge in [-0.2, -0.15) is 0 Å². The van der Waals surface area contributed by atoms with Crippen molar-refractivity contribution in [1.82, 2.24) is 0 Å². The first-order valence-electron chi connectivity index (χ1n) is 6.23. The molecule has 0 saturated heterocycles. The zero-order chi connectivity index (χ0) is 14.4. The van der Waals surface area contributed by atoms with Gasteiger partial charge in [-0.3, -0.25) is 9.79 Å². The van der Waals surface area contributed by atoms with Crippen LogP contribution in [0.3, 0.4) is 0 Å². The Balaban J connectivity index is 1.92. The molecule has 0 radical (unpaired) electrons. The molecular formula is C14H14N2O4. The summed E-state index contributed by atoms with van der Waals surface area (Å²) < 4.78 is 5.08. The number of carboxylic acids is 1. The predicted molar refractivity (Wildman–Crippen MR) is 73.1 cm³/mol. The topological polar surface area (TPSA) is 88.3 Å². The standard InChI is InChI=1S/C14H14N2O4/c17-12(18)7-4-8-15-9-11-14(19)20-13(16-11)10-5-2-1-3-6-10/h1-3,5-6,9,11H,4,7-8H2,(H,17,18). The third-order valence-corrected chi connectivity index (χ3v) is 2.64. The summed E-state index contributed by atoms with van der Waals surface area (Å²) in [6.07, 6.45) is 1.90. The first-order chi connectivity index (χ1) is 9.66. The average molecular weight is 274 g/mol. The highest BCUT2D eigenvalue weighted by Gasteiger charge is 2.28. The second-order valence-electron chi connectivity index (χ2n) is 4.22. The van der Waals surface area contributed by atoms with Gasteiger partial charge in [0.2, 0.25) is 5.90 Å². The first-order valence-corrected chi connectivity index (χ1v) is 6.23. The van der Waals surface area contributed by atoms with E-state index in [9.17, 15) is 9.59 Å². The zero-order valence-electron chi connectivity index (χ0n) is 10.7. The average Bonchev–Trinajstić information content (AvgIpc) is 2.81. The minimum absolute atomic E-state index is 0.0605. The molecule has 0 amide bonds. The second kappa shape index (κ2) is 6.60. The smallest absolute Gasteiger partial charge is 0.343 e. The summed E-state index contributed by atoms with van der Waals surface area (Å²) in [7, 11) is 0. The molecule has 1 heterocycles. The van der Waals surface area contributed by atoms with E-state index in [4.69, 9.17) is 9.84 Å². The molecule has 1 aliphatic rings. The summed E-state index contributed by atoms with van der Waals surface area (Å²) in [5.74, 6) is -1.03. The molecule has 6 heteroatoms. The number of ether oxygens (including phenoxy) is 1. The summed E-state index contributed by atoms with van der Waals surface area (Å²) in [6, 6.07) is 8.40. The van der Waals surface area contributed by atoms with Crippen LogP contribution < -0.4 is 0 Å². The van der Waals surface area contributed by atoms with Crippen LogP contribution in [0.1, 0.15) is 18.4 Å². The number of aliphatic carboxylic acids is 1. The van der Waals surface area contributed by atoms with Gasteiger partial charge in [-0.15, -0.1) is 0 Å². The largest absolute Gasteiger partial charge is 0.481 e.